The van der Waals surface area contributed by atoms with Gasteiger partial charge >= 0.3 is 0 Å². The molecule has 2 aromatic rings. The van der Waals surface area contributed by atoms with Crippen LogP contribution >= 0.6 is 0 Å². The number of aliphatic hydroxyl groups is 1. The van der Waals surface area contributed by atoms with Gasteiger partial charge in [0, 0.05) is 25.0 Å². The minimum Gasteiger partial charge on any atom is -0.399 e. The fourth-order valence-electron chi connectivity index (χ4n) is 2.00. The van der Waals surface area contributed by atoms with Gasteiger partial charge in [-0.25, -0.2) is 0 Å². The van der Waals surface area contributed by atoms with Crippen LogP contribution in [-0.2, 0) is 0 Å². The zero-order valence-electron chi connectivity index (χ0n) is 11.3. The number of nitrogen functional groups attached to an aromatic ring is 1. The summed E-state index contributed by atoms with van der Waals surface area (Å²) in [6.45, 7) is 0.443. The Bertz CT molecular complexity index is 616. The van der Waals surface area contributed by atoms with Crippen LogP contribution in [0.1, 0.15) is 17.2 Å². The van der Waals surface area contributed by atoms with E-state index in [9.17, 15) is 5.11 Å². The van der Waals surface area contributed by atoms with Gasteiger partial charge in [-0.3, -0.25) is 0 Å². The van der Waals surface area contributed by atoms with Crippen molar-refractivity contribution in [2.75, 3.05) is 24.2 Å². The number of likely N-dealkylation sites (N-methyl/N-ethyl adjacent to an activating group) is 1. The van der Waals surface area contributed by atoms with Gasteiger partial charge in [-0.2, -0.15) is 5.26 Å². The third-order valence-electron chi connectivity index (χ3n) is 3.18. The molecule has 3 N–H and O–H groups in total. The van der Waals surface area contributed by atoms with E-state index in [4.69, 9.17) is 11.0 Å². The molecule has 0 aliphatic rings. The predicted octanol–water partition coefficient (Wildman–Crippen LogP) is 2.31. The summed E-state index contributed by atoms with van der Waals surface area (Å²) in [6, 6.07) is 16.6. The molecule has 4 nitrogen and oxygen atoms in total. The molecule has 0 fully saturated rings. The highest BCUT2D eigenvalue weighted by molar-refractivity contribution is 5.51. The van der Waals surface area contributed by atoms with E-state index in [-0.39, 0.29) is 0 Å². The van der Waals surface area contributed by atoms with E-state index >= 15 is 0 Å². The summed E-state index contributed by atoms with van der Waals surface area (Å²) in [4.78, 5) is 1.92. The van der Waals surface area contributed by atoms with Crippen LogP contribution in [0.15, 0.2) is 48.5 Å². The minimum absolute atomic E-state index is 0.443. The van der Waals surface area contributed by atoms with Gasteiger partial charge in [-0.15, -0.1) is 0 Å². The first-order chi connectivity index (χ1) is 9.60. The minimum atomic E-state index is -0.605. The lowest BCUT2D eigenvalue weighted by Gasteiger charge is -2.23. The zero-order chi connectivity index (χ0) is 14.5. The van der Waals surface area contributed by atoms with Gasteiger partial charge in [0.25, 0.3) is 0 Å². The smallest absolute Gasteiger partial charge is 0.0992 e. The van der Waals surface area contributed by atoms with Crippen LogP contribution in [0.4, 0.5) is 11.4 Å². The van der Waals surface area contributed by atoms with Crippen molar-refractivity contribution >= 4 is 11.4 Å². The van der Waals surface area contributed by atoms with E-state index < -0.39 is 6.10 Å². The highest BCUT2D eigenvalue weighted by Crippen LogP contribution is 2.20. The van der Waals surface area contributed by atoms with Gasteiger partial charge in [-0.1, -0.05) is 18.2 Å². The summed E-state index contributed by atoms with van der Waals surface area (Å²) >= 11 is 0. The molecule has 1 unspecified atom stereocenters. The quantitative estimate of drug-likeness (QED) is 0.834. The van der Waals surface area contributed by atoms with E-state index in [2.05, 4.69) is 6.07 Å². The van der Waals surface area contributed by atoms with Crippen molar-refractivity contribution in [1.82, 2.24) is 0 Å². The summed E-state index contributed by atoms with van der Waals surface area (Å²) in [5.74, 6) is 0. The second-order valence-electron chi connectivity index (χ2n) is 4.73. The summed E-state index contributed by atoms with van der Waals surface area (Å²) < 4.78 is 0. The average Bonchev–Trinajstić information content (AvgIpc) is 2.47. The maximum Gasteiger partial charge on any atom is 0.0992 e. The first-order valence-corrected chi connectivity index (χ1v) is 6.35. The van der Waals surface area contributed by atoms with Crippen LogP contribution in [-0.4, -0.2) is 18.7 Å². The van der Waals surface area contributed by atoms with Crippen molar-refractivity contribution in [3.05, 3.63) is 59.7 Å². The Kier molecular flexibility index (Phi) is 4.24. The van der Waals surface area contributed by atoms with E-state index in [1.165, 1.54) is 0 Å². The van der Waals surface area contributed by atoms with Crippen LogP contribution in [0.2, 0.25) is 0 Å². The first kappa shape index (κ1) is 13.9. The number of nitriles is 1. The lowest BCUT2D eigenvalue weighted by atomic mass is 10.1. The number of hydrogen-bond donors (Lipinski definition) is 2. The van der Waals surface area contributed by atoms with Gasteiger partial charge in [0.05, 0.1) is 17.7 Å². The molecule has 0 radical (unpaired) electrons. The molecule has 1 atom stereocenters. The maximum atomic E-state index is 10.2. The standard InChI is InChI=1S/C16H17N3O/c1-19(15-4-2-3-12(9-15)10-17)11-16(20)13-5-7-14(18)8-6-13/h2-9,16,20H,11,18H2,1H3. The number of aliphatic hydroxyl groups excluding tert-OH is 1. The largest absolute Gasteiger partial charge is 0.399 e. The molecule has 0 spiro atoms. The predicted molar refractivity (Wildman–Crippen MR) is 80.2 cm³/mol. The molecule has 0 aromatic heterocycles. The Morgan fingerprint density at radius 1 is 1.25 bits per heavy atom. The van der Waals surface area contributed by atoms with E-state index in [0.717, 1.165) is 11.3 Å². The third kappa shape index (κ3) is 3.28. The first-order valence-electron chi connectivity index (χ1n) is 6.35. The molecule has 2 rings (SSSR count). The van der Waals surface area contributed by atoms with Crippen LogP contribution in [0, 0.1) is 11.3 Å². The Morgan fingerprint density at radius 2 is 1.95 bits per heavy atom. The molecular formula is C16H17N3O. The van der Waals surface area contributed by atoms with Crippen LogP contribution in [0.3, 0.4) is 0 Å². The lowest BCUT2D eigenvalue weighted by Crippen LogP contribution is -2.24. The molecule has 0 heterocycles. The zero-order valence-corrected chi connectivity index (χ0v) is 11.3. The molecule has 2 aromatic carbocycles. The van der Waals surface area contributed by atoms with Gasteiger partial charge < -0.3 is 15.7 Å². The van der Waals surface area contributed by atoms with Crippen LogP contribution < -0.4 is 10.6 Å². The number of nitrogens with zero attached hydrogens (tertiary/aromatic N) is 2. The Balaban J connectivity index is 2.08. The van der Waals surface area contributed by atoms with Crippen molar-refractivity contribution in [2.24, 2.45) is 0 Å². The van der Waals surface area contributed by atoms with Crippen molar-refractivity contribution in [1.29, 1.82) is 5.26 Å². The molecule has 0 saturated carbocycles. The van der Waals surface area contributed by atoms with Crippen LogP contribution in [0.5, 0.6) is 0 Å². The number of hydrogen-bond acceptors (Lipinski definition) is 4. The lowest BCUT2D eigenvalue weighted by molar-refractivity contribution is 0.185. The van der Waals surface area contributed by atoms with Gasteiger partial charge in [0.1, 0.15) is 0 Å². The van der Waals surface area contributed by atoms with Gasteiger partial charge in [0.15, 0.2) is 0 Å². The summed E-state index contributed by atoms with van der Waals surface area (Å²) in [6.07, 6.45) is -0.605. The molecule has 4 heteroatoms. The normalized spacial score (nSPS) is 11.7. The summed E-state index contributed by atoms with van der Waals surface area (Å²) in [7, 11) is 1.89. The molecular weight excluding hydrogens is 250 g/mol. The van der Waals surface area contributed by atoms with E-state index in [1.54, 1.807) is 24.3 Å². The molecule has 0 saturated heterocycles. The second-order valence-corrected chi connectivity index (χ2v) is 4.73. The van der Waals surface area contributed by atoms with Crippen molar-refractivity contribution in [2.45, 2.75) is 6.10 Å². The molecule has 102 valence electrons. The van der Waals surface area contributed by atoms with Crippen LogP contribution in [0.25, 0.3) is 0 Å². The number of nitrogens with two attached hydrogens (primary N) is 1. The molecule has 0 aliphatic heterocycles. The molecule has 0 bridgehead atoms. The average molecular weight is 267 g/mol. The van der Waals surface area contributed by atoms with Crippen molar-refractivity contribution in [3.63, 3.8) is 0 Å². The fourth-order valence-corrected chi connectivity index (χ4v) is 2.00. The van der Waals surface area contributed by atoms with Gasteiger partial charge in [-0.05, 0) is 35.9 Å². The number of rotatable bonds is 4. The summed E-state index contributed by atoms with van der Waals surface area (Å²) in [5.41, 5.74) is 8.64. The highest BCUT2D eigenvalue weighted by Gasteiger charge is 2.11. The van der Waals surface area contributed by atoms with E-state index in [0.29, 0.717) is 17.8 Å². The number of anilines is 2. The van der Waals surface area contributed by atoms with Crippen molar-refractivity contribution < 1.29 is 5.11 Å². The highest BCUT2D eigenvalue weighted by atomic mass is 16.3. The molecule has 20 heavy (non-hydrogen) atoms. The fraction of sp³-hybridized carbons (Fsp3) is 0.188. The Labute approximate surface area is 118 Å². The number of benzene rings is 2. The van der Waals surface area contributed by atoms with Gasteiger partial charge in [0.2, 0.25) is 0 Å². The second kappa shape index (κ2) is 6.09. The molecule has 0 amide bonds. The molecule has 0 aliphatic carbocycles. The van der Waals surface area contributed by atoms with E-state index in [1.807, 2.05) is 36.2 Å². The topological polar surface area (TPSA) is 73.3 Å². The maximum absolute atomic E-state index is 10.2. The SMILES string of the molecule is CN(CC(O)c1ccc(N)cc1)c1cccc(C#N)c1. The summed E-state index contributed by atoms with van der Waals surface area (Å²) in [5, 5.41) is 19.1. The Morgan fingerprint density at radius 3 is 2.60 bits per heavy atom. The third-order valence-corrected chi connectivity index (χ3v) is 3.18. The van der Waals surface area contributed by atoms with Crippen molar-refractivity contribution in [3.8, 4) is 6.07 Å². The Hall–Kier alpha value is -2.51. The monoisotopic (exact) mass is 267 g/mol.